The third-order valence-electron chi connectivity index (χ3n) is 4.82. The largest absolute Gasteiger partial charge is 0.351 e. The molecule has 3 rings (SSSR count). The number of aromatic amines is 1. The van der Waals surface area contributed by atoms with Crippen molar-refractivity contribution in [3.05, 3.63) is 36.0 Å². The smallest absolute Gasteiger partial charge is 0.312 e. The highest BCUT2D eigenvalue weighted by Crippen LogP contribution is 2.17. The van der Waals surface area contributed by atoms with Crippen LogP contribution in [0.4, 0.5) is 0 Å². The number of para-hydroxylation sites is 1. The van der Waals surface area contributed by atoms with Gasteiger partial charge in [0.05, 0.1) is 0 Å². The van der Waals surface area contributed by atoms with Gasteiger partial charge in [-0.15, -0.1) is 0 Å². The van der Waals surface area contributed by atoms with Gasteiger partial charge in [0, 0.05) is 43.6 Å². The Balaban J connectivity index is 1.52. The summed E-state index contributed by atoms with van der Waals surface area (Å²) in [5, 5.41) is 3.66. The molecular formula is C20H26N4O3. The quantitative estimate of drug-likeness (QED) is 0.802. The Morgan fingerprint density at radius 3 is 2.41 bits per heavy atom. The van der Waals surface area contributed by atoms with E-state index in [0.717, 1.165) is 17.3 Å². The van der Waals surface area contributed by atoms with Crippen LogP contribution in [-0.4, -0.2) is 65.2 Å². The molecule has 0 unspecified atom stereocenters. The molecule has 0 bridgehead atoms. The topological polar surface area (TPSA) is 85.5 Å². The third kappa shape index (κ3) is 4.48. The fourth-order valence-corrected chi connectivity index (χ4v) is 3.17. The first kappa shape index (κ1) is 18.9. The summed E-state index contributed by atoms with van der Waals surface area (Å²) in [5.74, 6) is -0.693. The van der Waals surface area contributed by atoms with Crippen molar-refractivity contribution in [3.8, 4) is 0 Å². The Morgan fingerprint density at radius 1 is 1.07 bits per heavy atom. The molecule has 2 aromatic rings. The van der Waals surface area contributed by atoms with Gasteiger partial charge in [0.15, 0.2) is 0 Å². The van der Waals surface area contributed by atoms with E-state index in [9.17, 15) is 14.4 Å². The highest BCUT2D eigenvalue weighted by Gasteiger charge is 2.28. The number of aromatic nitrogens is 1. The summed E-state index contributed by atoms with van der Waals surface area (Å²) >= 11 is 0. The molecule has 0 atom stereocenters. The monoisotopic (exact) mass is 370 g/mol. The number of hydrogen-bond donors (Lipinski definition) is 2. The van der Waals surface area contributed by atoms with Crippen molar-refractivity contribution < 1.29 is 14.4 Å². The minimum Gasteiger partial charge on any atom is -0.351 e. The van der Waals surface area contributed by atoms with Crippen molar-refractivity contribution in [3.63, 3.8) is 0 Å². The van der Waals surface area contributed by atoms with Crippen LogP contribution in [0.3, 0.4) is 0 Å². The maximum atomic E-state index is 12.7. The van der Waals surface area contributed by atoms with Gasteiger partial charge in [-0.25, -0.2) is 0 Å². The molecule has 1 aromatic carbocycles. The van der Waals surface area contributed by atoms with Gasteiger partial charge in [0.25, 0.3) is 5.91 Å². The zero-order chi connectivity index (χ0) is 19.4. The summed E-state index contributed by atoms with van der Waals surface area (Å²) in [7, 11) is 0. The summed E-state index contributed by atoms with van der Waals surface area (Å²) < 4.78 is 0. The number of carbonyl (C=O) groups excluding carboxylic acids is 3. The van der Waals surface area contributed by atoms with Crippen LogP contribution in [0.1, 0.15) is 30.8 Å². The number of amides is 3. The fraction of sp³-hybridized carbons (Fsp3) is 0.450. The second kappa shape index (κ2) is 8.24. The Kier molecular flexibility index (Phi) is 5.78. The molecule has 2 heterocycles. The maximum Gasteiger partial charge on any atom is 0.312 e. The van der Waals surface area contributed by atoms with Crippen molar-refractivity contribution in [1.29, 1.82) is 0 Å². The lowest BCUT2D eigenvalue weighted by Crippen LogP contribution is -2.54. The van der Waals surface area contributed by atoms with E-state index in [-0.39, 0.29) is 5.91 Å². The Labute approximate surface area is 158 Å². The lowest BCUT2D eigenvalue weighted by molar-refractivity contribution is -0.146. The van der Waals surface area contributed by atoms with Gasteiger partial charge in [0.1, 0.15) is 5.69 Å². The number of carbonyl (C=O) groups is 3. The summed E-state index contributed by atoms with van der Waals surface area (Å²) in [6.07, 6.45) is 0.839. The zero-order valence-corrected chi connectivity index (χ0v) is 15.8. The second-order valence-corrected chi connectivity index (χ2v) is 7.29. The van der Waals surface area contributed by atoms with E-state index < -0.39 is 11.8 Å². The molecule has 1 saturated heterocycles. The molecule has 0 radical (unpaired) electrons. The summed E-state index contributed by atoms with van der Waals surface area (Å²) in [6, 6.07) is 9.58. The average molecular weight is 370 g/mol. The van der Waals surface area contributed by atoms with Crippen LogP contribution in [0.2, 0.25) is 0 Å². The fourth-order valence-electron chi connectivity index (χ4n) is 3.17. The second-order valence-electron chi connectivity index (χ2n) is 7.29. The molecule has 7 heteroatoms. The predicted molar refractivity (Wildman–Crippen MR) is 103 cm³/mol. The summed E-state index contributed by atoms with van der Waals surface area (Å²) in [4.78, 5) is 43.3. The first-order valence-corrected chi connectivity index (χ1v) is 9.40. The highest BCUT2D eigenvalue weighted by atomic mass is 16.2. The Morgan fingerprint density at radius 2 is 1.74 bits per heavy atom. The van der Waals surface area contributed by atoms with Crippen molar-refractivity contribution in [2.45, 2.75) is 20.3 Å². The van der Waals surface area contributed by atoms with E-state index in [1.165, 1.54) is 4.90 Å². The number of nitrogens with one attached hydrogen (secondary N) is 2. The zero-order valence-electron chi connectivity index (χ0n) is 15.8. The average Bonchev–Trinajstić information content (AvgIpc) is 3.10. The van der Waals surface area contributed by atoms with Gasteiger partial charge in [-0.1, -0.05) is 32.0 Å². The van der Waals surface area contributed by atoms with Crippen LogP contribution in [0.15, 0.2) is 30.3 Å². The standard InChI is InChI=1S/C20H26N4O3/c1-14(2)7-8-21-18(25)20(27)24-11-9-23(10-12-24)19(26)17-13-15-5-3-4-6-16(15)22-17/h3-6,13-14,22H,7-12H2,1-2H3,(H,21,25). The van der Waals surface area contributed by atoms with E-state index in [4.69, 9.17) is 0 Å². The van der Waals surface area contributed by atoms with E-state index in [1.54, 1.807) is 4.90 Å². The Bertz CT molecular complexity index is 802. The number of H-pyrrole nitrogens is 1. The van der Waals surface area contributed by atoms with Gasteiger partial charge in [-0.3, -0.25) is 14.4 Å². The SMILES string of the molecule is CC(C)CCNC(=O)C(=O)N1CCN(C(=O)c2cc3ccccc3[nH]2)CC1. The Hall–Kier alpha value is -2.83. The first-order valence-electron chi connectivity index (χ1n) is 9.40. The van der Waals surface area contributed by atoms with Crippen molar-refractivity contribution in [1.82, 2.24) is 20.1 Å². The van der Waals surface area contributed by atoms with Crippen LogP contribution in [-0.2, 0) is 9.59 Å². The third-order valence-corrected chi connectivity index (χ3v) is 4.82. The number of piperazine rings is 1. The summed E-state index contributed by atoms with van der Waals surface area (Å²) in [5.41, 5.74) is 1.47. The van der Waals surface area contributed by atoms with Gasteiger partial charge in [-0.05, 0) is 24.5 Å². The lowest BCUT2D eigenvalue weighted by atomic mass is 10.1. The van der Waals surface area contributed by atoms with Crippen LogP contribution >= 0.6 is 0 Å². The van der Waals surface area contributed by atoms with Crippen molar-refractivity contribution in [2.24, 2.45) is 5.92 Å². The molecule has 27 heavy (non-hydrogen) atoms. The summed E-state index contributed by atoms with van der Waals surface area (Å²) in [6.45, 7) is 6.19. The predicted octanol–water partition coefficient (Wildman–Crippen LogP) is 1.61. The number of fused-ring (bicyclic) bond motifs is 1. The minimum atomic E-state index is -0.564. The molecule has 1 aliphatic rings. The molecule has 0 saturated carbocycles. The number of nitrogens with zero attached hydrogens (tertiary/aromatic N) is 2. The lowest BCUT2D eigenvalue weighted by Gasteiger charge is -2.34. The van der Waals surface area contributed by atoms with Crippen molar-refractivity contribution >= 4 is 28.6 Å². The van der Waals surface area contributed by atoms with Gasteiger partial charge < -0.3 is 20.1 Å². The molecule has 7 nitrogen and oxygen atoms in total. The molecule has 1 aromatic heterocycles. The minimum absolute atomic E-state index is 0.0836. The number of rotatable bonds is 4. The molecule has 1 aliphatic heterocycles. The van der Waals surface area contributed by atoms with Crippen LogP contribution in [0, 0.1) is 5.92 Å². The number of hydrogen-bond acceptors (Lipinski definition) is 3. The van der Waals surface area contributed by atoms with Gasteiger partial charge in [-0.2, -0.15) is 0 Å². The van der Waals surface area contributed by atoms with Crippen molar-refractivity contribution in [2.75, 3.05) is 32.7 Å². The molecule has 144 valence electrons. The van der Waals surface area contributed by atoms with E-state index in [0.29, 0.717) is 44.3 Å². The molecular weight excluding hydrogens is 344 g/mol. The van der Waals surface area contributed by atoms with E-state index in [2.05, 4.69) is 24.1 Å². The maximum absolute atomic E-state index is 12.7. The number of benzene rings is 1. The molecule has 1 fully saturated rings. The van der Waals surface area contributed by atoms with Crippen LogP contribution in [0.5, 0.6) is 0 Å². The van der Waals surface area contributed by atoms with E-state index >= 15 is 0 Å². The highest BCUT2D eigenvalue weighted by molar-refractivity contribution is 6.35. The van der Waals surface area contributed by atoms with Gasteiger partial charge >= 0.3 is 11.8 Å². The first-order chi connectivity index (χ1) is 13.0. The van der Waals surface area contributed by atoms with E-state index in [1.807, 2.05) is 30.3 Å². The molecule has 0 aliphatic carbocycles. The van der Waals surface area contributed by atoms with Crippen LogP contribution < -0.4 is 5.32 Å². The molecule has 0 spiro atoms. The van der Waals surface area contributed by atoms with Crippen LogP contribution in [0.25, 0.3) is 10.9 Å². The van der Waals surface area contributed by atoms with Gasteiger partial charge in [0.2, 0.25) is 0 Å². The normalized spacial score (nSPS) is 14.6. The molecule has 2 N–H and O–H groups in total. The molecule has 3 amide bonds.